The van der Waals surface area contributed by atoms with Crippen molar-refractivity contribution in [3.8, 4) is 11.5 Å². The van der Waals surface area contributed by atoms with Gasteiger partial charge < -0.3 is 25.4 Å². The smallest absolute Gasteiger partial charge is 0.239 e. The highest BCUT2D eigenvalue weighted by molar-refractivity contribution is 5.81. The maximum Gasteiger partial charge on any atom is 0.239 e. The predicted octanol–water partition coefficient (Wildman–Crippen LogP) is 2.23. The standard InChI is InChI=1S/C18H29N3O3/c1-4-5-17(19)18(22)21-8-6-13(7-9-21)20-14-10-15(23-2)12-16(11-14)24-3/h10-13,17,20H,4-9,19H2,1-3H3. The van der Waals surface area contributed by atoms with E-state index in [-0.39, 0.29) is 11.9 Å². The lowest BCUT2D eigenvalue weighted by atomic mass is 10.0. The van der Waals surface area contributed by atoms with Gasteiger partial charge in [-0.3, -0.25) is 4.79 Å². The van der Waals surface area contributed by atoms with Gasteiger partial charge in [0.25, 0.3) is 0 Å². The topological polar surface area (TPSA) is 76.8 Å². The Hall–Kier alpha value is -1.95. The van der Waals surface area contributed by atoms with E-state index in [2.05, 4.69) is 5.32 Å². The van der Waals surface area contributed by atoms with Gasteiger partial charge in [-0.15, -0.1) is 0 Å². The van der Waals surface area contributed by atoms with Crippen LogP contribution in [-0.4, -0.2) is 50.2 Å². The van der Waals surface area contributed by atoms with Crippen LogP contribution in [0.15, 0.2) is 18.2 Å². The van der Waals surface area contributed by atoms with Gasteiger partial charge in [-0.05, 0) is 19.3 Å². The highest BCUT2D eigenvalue weighted by Gasteiger charge is 2.25. The van der Waals surface area contributed by atoms with Crippen molar-refractivity contribution in [2.75, 3.05) is 32.6 Å². The van der Waals surface area contributed by atoms with E-state index in [1.54, 1.807) is 14.2 Å². The lowest BCUT2D eigenvalue weighted by Crippen LogP contribution is -2.48. The fourth-order valence-electron chi connectivity index (χ4n) is 3.04. The molecule has 0 radical (unpaired) electrons. The number of likely N-dealkylation sites (tertiary alicyclic amines) is 1. The molecule has 1 unspecified atom stereocenters. The first-order chi connectivity index (χ1) is 11.6. The summed E-state index contributed by atoms with van der Waals surface area (Å²) in [4.78, 5) is 14.2. The van der Waals surface area contributed by atoms with Gasteiger partial charge in [0.2, 0.25) is 5.91 Å². The number of piperidine rings is 1. The van der Waals surface area contributed by atoms with Crippen molar-refractivity contribution in [3.63, 3.8) is 0 Å². The van der Waals surface area contributed by atoms with E-state index in [9.17, 15) is 4.79 Å². The zero-order valence-corrected chi connectivity index (χ0v) is 14.9. The normalized spacial score (nSPS) is 16.6. The van der Waals surface area contributed by atoms with Crippen molar-refractivity contribution in [3.05, 3.63) is 18.2 Å². The number of methoxy groups -OCH3 is 2. The zero-order valence-electron chi connectivity index (χ0n) is 14.9. The number of ether oxygens (including phenoxy) is 2. The summed E-state index contributed by atoms with van der Waals surface area (Å²) in [5, 5.41) is 3.51. The van der Waals surface area contributed by atoms with Crippen molar-refractivity contribution >= 4 is 11.6 Å². The number of rotatable bonds is 7. The van der Waals surface area contributed by atoms with Crippen LogP contribution in [0.4, 0.5) is 5.69 Å². The lowest BCUT2D eigenvalue weighted by Gasteiger charge is -2.34. The Morgan fingerprint density at radius 2 is 1.83 bits per heavy atom. The SMILES string of the molecule is CCCC(N)C(=O)N1CCC(Nc2cc(OC)cc(OC)c2)CC1. The van der Waals surface area contributed by atoms with Crippen LogP contribution in [-0.2, 0) is 4.79 Å². The molecule has 0 bridgehead atoms. The van der Waals surface area contributed by atoms with E-state index in [1.807, 2.05) is 30.0 Å². The summed E-state index contributed by atoms with van der Waals surface area (Å²) in [6.45, 7) is 3.54. The third-order valence-electron chi connectivity index (χ3n) is 4.45. The molecule has 1 saturated heterocycles. The van der Waals surface area contributed by atoms with E-state index in [1.165, 1.54) is 0 Å². The minimum atomic E-state index is -0.359. The predicted molar refractivity (Wildman–Crippen MR) is 95.7 cm³/mol. The highest BCUT2D eigenvalue weighted by atomic mass is 16.5. The van der Waals surface area contributed by atoms with Crippen molar-refractivity contribution < 1.29 is 14.3 Å². The second kappa shape index (κ2) is 8.78. The van der Waals surface area contributed by atoms with Crippen LogP contribution in [0, 0.1) is 0 Å². The molecule has 1 amide bonds. The number of anilines is 1. The average Bonchev–Trinajstić information content (AvgIpc) is 2.61. The number of benzene rings is 1. The van der Waals surface area contributed by atoms with Crippen LogP contribution in [0.25, 0.3) is 0 Å². The van der Waals surface area contributed by atoms with Crippen LogP contribution in [0.5, 0.6) is 11.5 Å². The molecule has 1 aromatic rings. The molecule has 0 aliphatic carbocycles. The molecule has 6 heteroatoms. The molecule has 1 heterocycles. The summed E-state index contributed by atoms with van der Waals surface area (Å²) < 4.78 is 10.6. The molecule has 0 aromatic heterocycles. The van der Waals surface area contributed by atoms with Gasteiger partial charge in [0.1, 0.15) is 11.5 Å². The number of carbonyl (C=O) groups is 1. The molecule has 1 atom stereocenters. The number of nitrogens with two attached hydrogens (primary N) is 1. The molecule has 1 aliphatic heterocycles. The van der Waals surface area contributed by atoms with Crippen LogP contribution < -0.4 is 20.5 Å². The first-order valence-electron chi connectivity index (χ1n) is 8.61. The summed E-state index contributed by atoms with van der Waals surface area (Å²) in [5.74, 6) is 1.60. The van der Waals surface area contributed by atoms with E-state index < -0.39 is 0 Å². The number of carbonyl (C=O) groups excluding carboxylic acids is 1. The van der Waals surface area contributed by atoms with Crippen molar-refractivity contribution in [1.82, 2.24) is 4.90 Å². The zero-order chi connectivity index (χ0) is 17.5. The molecule has 134 valence electrons. The Morgan fingerprint density at radius 3 is 2.33 bits per heavy atom. The van der Waals surface area contributed by atoms with Gasteiger partial charge in [0.05, 0.1) is 20.3 Å². The maximum atomic E-state index is 12.3. The molecule has 2 rings (SSSR count). The molecular formula is C18H29N3O3. The molecule has 3 N–H and O–H groups in total. The van der Waals surface area contributed by atoms with Crippen LogP contribution >= 0.6 is 0 Å². The van der Waals surface area contributed by atoms with Gasteiger partial charge >= 0.3 is 0 Å². The number of nitrogens with zero attached hydrogens (tertiary/aromatic N) is 1. The third kappa shape index (κ3) is 4.77. The quantitative estimate of drug-likeness (QED) is 0.799. The maximum absolute atomic E-state index is 12.3. The fraction of sp³-hybridized carbons (Fsp3) is 0.611. The van der Waals surface area contributed by atoms with E-state index >= 15 is 0 Å². The van der Waals surface area contributed by atoms with Gasteiger partial charge in [-0.1, -0.05) is 13.3 Å². The van der Waals surface area contributed by atoms with Crippen molar-refractivity contribution in [2.45, 2.75) is 44.7 Å². The van der Waals surface area contributed by atoms with Crippen LogP contribution in [0.2, 0.25) is 0 Å². The molecule has 1 aliphatic rings. The minimum absolute atomic E-state index is 0.0818. The summed E-state index contributed by atoms with van der Waals surface area (Å²) in [7, 11) is 3.28. The molecule has 0 spiro atoms. The second-order valence-electron chi connectivity index (χ2n) is 6.24. The Bertz CT molecular complexity index is 520. The highest BCUT2D eigenvalue weighted by Crippen LogP contribution is 2.27. The van der Waals surface area contributed by atoms with Gasteiger partial charge in [-0.25, -0.2) is 0 Å². The Labute approximate surface area is 144 Å². The molecule has 0 saturated carbocycles. The Kier molecular flexibility index (Phi) is 6.73. The molecule has 1 aromatic carbocycles. The third-order valence-corrected chi connectivity index (χ3v) is 4.45. The summed E-state index contributed by atoms with van der Waals surface area (Å²) in [6, 6.07) is 5.73. The summed E-state index contributed by atoms with van der Waals surface area (Å²) in [6.07, 6.45) is 3.50. The number of nitrogens with one attached hydrogen (secondary N) is 1. The molecule has 1 fully saturated rings. The lowest BCUT2D eigenvalue weighted by molar-refractivity contribution is -0.133. The molecule has 6 nitrogen and oxygen atoms in total. The monoisotopic (exact) mass is 335 g/mol. The van der Waals surface area contributed by atoms with Crippen molar-refractivity contribution in [1.29, 1.82) is 0 Å². The van der Waals surface area contributed by atoms with Crippen LogP contribution in [0.1, 0.15) is 32.6 Å². The average molecular weight is 335 g/mol. The van der Waals surface area contributed by atoms with E-state index in [4.69, 9.17) is 15.2 Å². The van der Waals surface area contributed by atoms with Gasteiger partial charge in [0.15, 0.2) is 0 Å². The number of amides is 1. The van der Waals surface area contributed by atoms with Crippen LogP contribution in [0.3, 0.4) is 0 Å². The van der Waals surface area contributed by atoms with Gasteiger partial charge in [-0.2, -0.15) is 0 Å². The largest absolute Gasteiger partial charge is 0.497 e. The number of hydrogen-bond acceptors (Lipinski definition) is 5. The fourth-order valence-corrected chi connectivity index (χ4v) is 3.04. The van der Waals surface area contributed by atoms with Gasteiger partial charge in [0, 0.05) is 43.0 Å². The van der Waals surface area contributed by atoms with Crippen molar-refractivity contribution in [2.24, 2.45) is 5.73 Å². The van der Waals surface area contributed by atoms with E-state index in [0.29, 0.717) is 6.04 Å². The Morgan fingerprint density at radius 1 is 1.25 bits per heavy atom. The second-order valence-corrected chi connectivity index (χ2v) is 6.24. The minimum Gasteiger partial charge on any atom is -0.497 e. The first-order valence-corrected chi connectivity index (χ1v) is 8.61. The summed E-state index contributed by atoms with van der Waals surface area (Å²) in [5.41, 5.74) is 6.92. The molecule has 24 heavy (non-hydrogen) atoms. The molecular weight excluding hydrogens is 306 g/mol. The summed E-state index contributed by atoms with van der Waals surface area (Å²) >= 11 is 0. The number of hydrogen-bond donors (Lipinski definition) is 2. The van der Waals surface area contributed by atoms with E-state index in [0.717, 1.165) is 56.0 Å². The first kappa shape index (κ1) is 18.4. The Balaban J connectivity index is 1.90.